The molecule has 8 heteroatoms. The van der Waals surface area contributed by atoms with Crippen LogP contribution in [0.25, 0.3) is 0 Å². The Morgan fingerprint density at radius 1 is 1.24 bits per heavy atom. The number of nitrogens with one attached hydrogen (secondary N) is 2. The number of carbonyl (C=O) groups excluding carboxylic acids is 2. The molecule has 21 heavy (non-hydrogen) atoms. The van der Waals surface area contributed by atoms with Crippen molar-refractivity contribution >= 4 is 40.8 Å². The standard InChI is InChI=1S/C13H11N3O4S/c1-16(9-5-3-2-4-7(9)12(19)20)6-8-10(17)14-13(21)15-11(8)18/h2-6H,1H3,(H,19,20)(H2,14,15,17,18,21). The number of hydrogen-bond acceptors (Lipinski definition) is 5. The summed E-state index contributed by atoms with van der Waals surface area (Å²) in [5, 5.41) is 13.7. The van der Waals surface area contributed by atoms with Crippen molar-refractivity contribution in [1.29, 1.82) is 0 Å². The summed E-state index contributed by atoms with van der Waals surface area (Å²) in [5.41, 5.74) is 0.251. The van der Waals surface area contributed by atoms with E-state index in [1.54, 1.807) is 25.2 Å². The molecule has 0 bridgehead atoms. The maximum absolute atomic E-state index is 11.7. The van der Waals surface area contributed by atoms with Gasteiger partial charge in [-0.1, -0.05) is 12.1 Å². The highest BCUT2D eigenvalue weighted by molar-refractivity contribution is 7.80. The minimum absolute atomic E-state index is 0.0593. The second-order valence-corrected chi connectivity index (χ2v) is 4.62. The maximum Gasteiger partial charge on any atom is 0.337 e. The number of rotatable bonds is 3. The van der Waals surface area contributed by atoms with E-state index in [2.05, 4.69) is 10.6 Å². The Hall–Kier alpha value is -2.74. The summed E-state index contributed by atoms with van der Waals surface area (Å²) in [4.78, 5) is 36.0. The van der Waals surface area contributed by atoms with Gasteiger partial charge in [-0.15, -0.1) is 0 Å². The molecule has 0 spiro atoms. The van der Waals surface area contributed by atoms with Crippen molar-refractivity contribution in [2.24, 2.45) is 0 Å². The molecule has 1 aliphatic heterocycles. The maximum atomic E-state index is 11.7. The molecular weight excluding hydrogens is 294 g/mol. The van der Waals surface area contributed by atoms with Gasteiger partial charge in [0.2, 0.25) is 0 Å². The minimum Gasteiger partial charge on any atom is -0.478 e. The van der Waals surface area contributed by atoms with Gasteiger partial charge in [0.15, 0.2) is 5.11 Å². The van der Waals surface area contributed by atoms with Gasteiger partial charge in [-0.3, -0.25) is 20.2 Å². The zero-order valence-corrected chi connectivity index (χ0v) is 11.7. The third-order valence-corrected chi connectivity index (χ3v) is 2.98. The number of para-hydroxylation sites is 1. The third kappa shape index (κ3) is 3.06. The lowest BCUT2D eigenvalue weighted by Crippen LogP contribution is -2.51. The Labute approximate surface area is 125 Å². The number of carboxylic acids is 1. The number of nitrogens with zero attached hydrogens (tertiary/aromatic N) is 1. The molecule has 0 radical (unpaired) electrons. The molecule has 0 atom stereocenters. The Morgan fingerprint density at radius 2 is 1.81 bits per heavy atom. The number of thiocarbonyl (C=S) groups is 1. The van der Waals surface area contributed by atoms with E-state index in [1.165, 1.54) is 17.2 Å². The first kappa shape index (κ1) is 14.7. The van der Waals surface area contributed by atoms with Gasteiger partial charge in [-0.05, 0) is 24.4 Å². The molecule has 1 saturated heterocycles. The number of carbonyl (C=O) groups is 3. The van der Waals surface area contributed by atoms with Crippen molar-refractivity contribution in [3.05, 3.63) is 41.6 Å². The Bertz CT molecular complexity index is 662. The highest BCUT2D eigenvalue weighted by Crippen LogP contribution is 2.20. The fourth-order valence-corrected chi connectivity index (χ4v) is 2.00. The van der Waals surface area contributed by atoms with Crippen LogP contribution < -0.4 is 15.5 Å². The average Bonchev–Trinajstić information content (AvgIpc) is 2.42. The molecule has 0 saturated carbocycles. The van der Waals surface area contributed by atoms with Gasteiger partial charge in [0, 0.05) is 13.2 Å². The van der Waals surface area contributed by atoms with E-state index in [1.807, 2.05) is 0 Å². The van der Waals surface area contributed by atoms with Gasteiger partial charge in [0.1, 0.15) is 5.57 Å². The Morgan fingerprint density at radius 3 is 2.38 bits per heavy atom. The van der Waals surface area contributed by atoms with Crippen LogP contribution in [0.5, 0.6) is 0 Å². The summed E-state index contributed by atoms with van der Waals surface area (Å²) in [5.74, 6) is -2.37. The molecular formula is C13H11N3O4S. The predicted octanol–water partition coefficient (Wildman–Crippen LogP) is 0.236. The number of aromatic carboxylic acids is 1. The molecule has 0 aliphatic carbocycles. The SMILES string of the molecule is CN(C=C1C(=O)NC(=S)NC1=O)c1ccccc1C(=O)O. The summed E-state index contributed by atoms with van der Waals surface area (Å²) in [7, 11) is 1.54. The van der Waals surface area contributed by atoms with E-state index in [-0.39, 0.29) is 16.2 Å². The van der Waals surface area contributed by atoms with Crippen LogP contribution in [0.2, 0.25) is 0 Å². The van der Waals surface area contributed by atoms with Gasteiger partial charge in [0.05, 0.1) is 11.3 Å². The molecule has 0 unspecified atom stereocenters. The van der Waals surface area contributed by atoms with E-state index in [4.69, 9.17) is 17.3 Å². The topological polar surface area (TPSA) is 98.7 Å². The average molecular weight is 305 g/mol. The summed E-state index contributed by atoms with van der Waals surface area (Å²) in [6, 6.07) is 6.26. The van der Waals surface area contributed by atoms with E-state index in [0.717, 1.165) is 0 Å². The smallest absolute Gasteiger partial charge is 0.337 e. The first-order chi connectivity index (χ1) is 9.90. The van der Waals surface area contributed by atoms with Crippen molar-refractivity contribution < 1.29 is 19.5 Å². The van der Waals surface area contributed by atoms with Crippen molar-refractivity contribution in [3.8, 4) is 0 Å². The quantitative estimate of drug-likeness (QED) is 0.420. The van der Waals surface area contributed by atoms with E-state index in [0.29, 0.717) is 5.69 Å². The van der Waals surface area contributed by atoms with E-state index < -0.39 is 17.8 Å². The molecule has 1 aliphatic rings. The lowest BCUT2D eigenvalue weighted by atomic mass is 10.1. The van der Waals surface area contributed by atoms with Gasteiger partial charge in [0.25, 0.3) is 11.8 Å². The molecule has 108 valence electrons. The molecule has 1 fully saturated rings. The fourth-order valence-electron chi connectivity index (χ4n) is 1.82. The second-order valence-electron chi connectivity index (χ2n) is 4.21. The third-order valence-electron chi connectivity index (χ3n) is 2.78. The summed E-state index contributed by atoms with van der Waals surface area (Å²) < 4.78 is 0. The molecule has 1 heterocycles. The summed E-state index contributed by atoms with van der Waals surface area (Å²) in [6.07, 6.45) is 1.26. The Balaban J connectivity index is 2.37. The largest absolute Gasteiger partial charge is 0.478 e. The molecule has 2 rings (SSSR count). The van der Waals surface area contributed by atoms with Gasteiger partial charge < -0.3 is 10.0 Å². The van der Waals surface area contributed by atoms with Gasteiger partial charge >= 0.3 is 5.97 Å². The number of carboxylic acid groups (broad SMARTS) is 1. The van der Waals surface area contributed by atoms with Crippen molar-refractivity contribution in [2.45, 2.75) is 0 Å². The molecule has 1 aromatic carbocycles. The predicted molar refractivity (Wildman–Crippen MR) is 78.8 cm³/mol. The molecule has 3 N–H and O–H groups in total. The van der Waals surface area contributed by atoms with Crippen LogP contribution in [0.3, 0.4) is 0 Å². The van der Waals surface area contributed by atoms with E-state index in [9.17, 15) is 14.4 Å². The van der Waals surface area contributed by atoms with Crippen LogP contribution >= 0.6 is 12.2 Å². The van der Waals surface area contributed by atoms with Crippen LogP contribution in [-0.2, 0) is 9.59 Å². The highest BCUT2D eigenvalue weighted by atomic mass is 32.1. The second kappa shape index (κ2) is 5.71. The zero-order chi connectivity index (χ0) is 15.6. The monoisotopic (exact) mass is 305 g/mol. The molecule has 0 aromatic heterocycles. The van der Waals surface area contributed by atoms with Crippen molar-refractivity contribution in [3.63, 3.8) is 0 Å². The van der Waals surface area contributed by atoms with Crippen LogP contribution in [0.15, 0.2) is 36.0 Å². The molecule has 2 amide bonds. The summed E-state index contributed by atoms with van der Waals surface area (Å²) >= 11 is 4.69. The van der Waals surface area contributed by atoms with Gasteiger partial charge in [-0.25, -0.2) is 4.79 Å². The van der Waals surface area contributed by atoms with Crippen LogP contribution in [0.1, 0.15) is 10.4 Å². The van der Waals surface area contributed by atoms with E-state index >= 15 is 0 Å². The molecule has 7 nitrogen and oxygen atoms in total. The number of hydrogen-bond donors (Lipinski definition) is 3. The fraction of sp³-hybridized carbons (Fsp3) is 0.0769. The number of anilines is 1. The Kier molecular flexibility index (Phi) is 3.99. The lowest BCUT2D eigenvalue weighted by molar-refractivity contribution is -0.123. The van der Waals surface area contributed by atoms with Crippen LogP contribution in [0, 0.1) is 0 Å². The first-order valence-corrected chi connectivity index (χ1v) is 6.24. The lowest BCUT2D eigenvalue weighted by Gasteiger charge is -2.21. The minimum atomic E-state index is -1.10. The van der Waals surface area contributed by atoms with Crippen molar-refractivity contribution in [2.75, 3.05) is 11.9 Å². The van der Waals surface area contributed by atoms with Crippen LogP contribution in [0.4, 0.5) is 5.69 Å². The number of amides is 2. The zero-order valence-electron chi connectivity index (χ0n) is 10.9. The normalized spacial score (nSPS) is 14.3. The van der Waals surface area contributed by atoms with Crippen molar-refractivity contribution in [1.82, 2.24) is 10.6 Å². The summed E-state index contributed by atoms with van der Waals surface area (Å²) in [6.45, 7) is 0. The first-order valence-electron chi connectivity index (χ1n) is 5.84. The van der Waals surface area contributed by atoms with Gasteiger partial charge in [-0.2, -0.15) is 0 Å². The highest BCUT2D eigenvalue weighted by Gasteiger charge is 2.26. The number of benzene rings is 1. The molecule has 1 aromatic rings. The van der Waals surface area contributed by atoms with Crippen LogP contribution in [-0.4, -0.2) is 35.1 Å².